The van der Waals surface area contributed by atoms with Crippen LogP contribution in [0.3, 0.4) is 0 Å². The lowest BCUT2D eigenvalue weighted by Crippen LogP contribution is -2.29. The van der Waals surface area contributed by atoms with Gasteiger partial charge in [0, 0.05) is 6.07 Å². The van der Waals surface area contributed by atoms with Gasteiger partial charge in [-0.3, -0.25) is 0 Å². The summed E-state index contributed by atoms with van der Waals surface area (Å²) in [6.45, 7) is 0. The zero-order valence-corrected chi connectivity index (χ0v) is 6.82. The zero-order valence-electron chi connectivity index (χ0n) is 5.24. The number of halogens is 1. The highest BCUT2D eigenvalue weighted by Crippen LogP contribution is 2.08. The van der Waals surface area contributed by atoms with Gasteiger partial charge in [0.15, 0.2) is 0 Å². The lowest BCUT2D eigenvalue weighted by Gasteiger charge is -2.00. The molecular formula is C5H5ClN2OS. The predicted molar refractivity (Wildman–Crippen MR) is 40.0 cm³/mol. The minimum atomic E-state index is 0.344. The first-order chi connectivity index (χ1) is 4.74. The van der Waals surface area contributed by atoms with Gasteiger partial charge >= 0.3 is 5.16 Å². The monoisotopic (exact) mass is 176 g/mol. The van der Waals surface area contributed by atoms with Crippen molar-refractivity contribution in [3.8, 4) is 0 Å². The summed E-state index contributed by atoms with van der Waals surface area (Å²) in [5.74, 6) is 0. The fraction of sp³-hybridized carbons (Fsp3) is 0.200. The highest BCUT2D eigenvalue weighted by molar-refractivity contribution is 7.98. The molecule has 0 aromatic carbocycles. The molecule has 0 aliphatic rings. The van der Waals surface area contributed by atoms with Gasteiger partial charge in [0.2, 0.25) is 5.15 Å². The highest BCUT2D eigenvalue weighted by Gasteiger charge is 2.05. The molecule has 54 valence electrons. The van der Waals surface area contributed by atoms with Crippen LogP contribution in [0.15, 0.2) is 17.4 Å². The Balaban J connectivity index is 3.09. The lowest BCUT2D eigenvalue weighted by molar-refractivity contribution is -0.650. The molecule has 0 spiro atoms. The third-order valence-corrected chi connectivity index (χ3v) is 1.77. The number of nitrogens with zero attached hydrogens (tertiary/aromatic N) is 2. The molecule has 0 bridgehead atoms. The number of thioether (sulfide) groups is 1. The SMILES string of the molecule is CSc1nc(Cl)cc[n+]1[O-]. The number of rotatable bonds is 1. The molecule has 0 aliphatic carbocycles. The molecule has 1 aromatic rings. The zero-order chi connectivity index (χ0) is 7.56. The van der Waals surface area contributed by atoms with E-state index in [9.17, 15) is 5.21 Å². The van der Waals surface area contributed by atoms with Crippen molar-refractivity contribution in [1.29, 1.82) is 0 Å². The maximum atomic E-state index is 10.8. The van der Waals surface area contributed by atoms with Gasteiger partial charge < -0.3 is 5.21 Å². The summed E-state index contributed by atoms with van der Waals surface area (Å²) in [7, 11) is 0. The van der Waals surface area contributed by atoms with Gasteiger partial charge in [-0.2, -0.15) is 0 Å². The van der Waals surface area contributed by atoms with Crippen LogP contribution < -0.4 is 4.73 Å². The normalized spacial score (nSPS) is 9.80. The highest BCUT2D eigenvalue weighted by atomic mass is 35.5. The van der Waals surface area contributed by atoms with Crippen molar-refractivity contribution in [2.24, 2.45) is 0 Å². The van der Waals surface area contributed by atoms with Crippen molar-refractivity contribution < 1.29 is 4.73 Å². The topological polar surface area (TPSA) is 39.8 Å². The molecule has 0 saturated heterocycles. The van der Waals surface area contributed by atoms with Crippen LogP contribution in [-0.2, 0) is 0 Å². The molecule has 1 rings (SSSR count). The van der Waals surface area contributed by atoms with Gasteiger partial charge in [-0.15, -0.1) is 0 Å². The van der Waals surface area contributed by atoms with E-state index in [1.807, 2.05) is 0 Å². The maximum Gasteiger partial charge on any atom is 0.363 e. The molecule has 0 aliphatic heterocycles. The van der Waals surface area contributed by atoms with Crippen LogP contribution in [0.2, 0.25) is 5.15 Å². The van der Waals surface area contributed by atoms with E-state index in [2.05, 4.69) is 4.98 Å². The molecule has 0 radical (unpaired) electrons. The number of aromatic nitrogens is 2. The molecule has 3 nitrogen and oxygen atoms in total. The van der Waals surface area contributed by atoms with E-state index in [1.165, 1.54) is 24.0 Å². The largest absolute Gasteiger partial charge is 0.710 e. The molecular weight excluding hydrogens is 172 g/mol. The van der Waals surface area contributed by atoms with Crippen molar-refractivity contribution in [2.75, 3.05) is 6.26 Å². The summed E-state index contributed by atoms with van der Waals surface area (Å²) in [6.07, 6.45) is 3.11. The molecule has 0 atom stereocenters. The Bertz CT molecular complexity index is 243. The number of hydrogen-bond donors (Lipinski definition) is 0. The molecule has 10 heavy (non-hydrogen) atoms. The van der Waals surface area contributed by atoms with Crippen LogP contribution in [0, 0.1) is 5.21 Å². The van der Waals surface area contributed by atoms with Crippen molar-refractivity contribution in [2.45, 2.75) is 5.16 Å². The van der Waals surface area contributed by atoms with Gasteiger partial charge in [-0.25, -0.2) is 4.73 Å². The Hall–Kier alpha value is -0.480. The number of hydrogen-bond acceptors (Lipinski definition) is 3. The van der Waals surface area contributed by atoms with E-state index in [-0.39, 0.29) is 0 Å². The lowest BCUT2D eigenvalue weighted by atomic mass is 10.7. The first kappa shape index (κ1) is 7.63. The Kier molecular flexibility index (Phi) is 2.34. The van der Waals surface area contributed by atoms with E-state index in [1.54, 1.807) is 6.26 Å². The van der Waals surface area contributed by atoms with Gasteiger partial charge in [0.1, 0.15) is 0 Å². The fourth-order valence-corrected chi connectivity index (χ4v) is 1.12. The van der Waals surface area contributed by atoms with E-state index < -0.39 is 0 Å². The minimum Gasteiger partial charge on any atom is -0.710 e. The van der Waals surface area contributed by atoms with Crippen molar-refractivity contribution in [1.82, 2.24) is 4.98 Å². The standard InChI is InChI=1S/C5H5ClN2OS/c1-10-5-7-4(6)2-3-8(5)9/h2-3H,1H3. The van der Waals surface area contributed by atoms with E-state index >= 15 is 0 Å². The van der Waals surface area contributed by atoms with E-state index in [4.69, 9.17) is 11.6 Å². The van der Waals surface area contributed by atoms with Crippen LogP contribution in [0.1, 0.15) is 0 Å². The Morgan fingerprint density at radius 3 is 3.00 bits per heavy atom. The molecule has 0 unspecified atom stereocenters. The average molecular weight is 177 g/mol. The van der Waals surface area contributed by atoms with Crippen LogP contribution in [0.4, 0.5) is 0 Å². The summed E-state index contributed by atoms with van der Waals surface area (Å²) < 4.78 is 0.677. The van der Waals surface area contributed by atoms with Crippen molar-refractivity contribution in [3.63, 3.8) is 0 Å². The summed E-state index contributed by atoms with van der Waals surface area (Å²) in [5.41, 5.74) is 0. The summed E-state index contributed by atoms with van der Waals surface area (Å²) in [4.78, 5) is 3.77. The third-order valence-electron chi connectivity index (χ3n) is 0.921. The predicted octanol–water partition coefficient (Wildman–Crippen LogP) is 1.09. The third kappa shape index (κ3) is 1.52. The van der Waals surface area contributed by atoms with Gasteiger partial charge in [0.05, 0.1) is 6.20 Å². The second kappa shape index (κ2) is 3.07. The molecule has 0 saturated carbocycles. The van der Waals surface area contributed by atoms with Crippen molar-refractivity contribution in [3.05, 3.63) is 22.6 Å². The molecule has 1 heterocycles. The Labute approximate surface area is 67.6 Å². The smallest absolute Gasteiger partial charge is 0.363 e. The average Bonchev–Trinajstić information content (AvgIpc) is 1.94. The molecule has 1 aromatic heterocycles. The molecule has 5 heteroatoms. The fourth-order valence-electron chi connectivity index (χ4n) is 0.506. The van der Waals surface area contributed by atoms with Gasteiger partial charge in [-0.05, 0) is 34.6 Å². The maximum absolute atomic E-state index is 10.8. The molecule has 0 fully saturated rings. The van der Waals surface area contributed by atoms with Crippen molar-refractivity contribution >= 4 is 23.4 Å². The summed E-state index contributed by atoms with van der Waals surface area (Å²) >= 11 is 6.78. The Morgan fingerprint density at radius 1 is 1.80 bits per heavy atom. The van der Waals surface area contributed by atoms with Crippen LogP contribution in [0.5, 0.6) is 0 Å². The second-order valence-corrected chi connectivity index (χ2v) is 2.72. The van der Waals surface area contributed by atoms with E-state index in [0.717, 1.165) is 0 Å². The minimum absolute atomic E-state index is 0.344. The van der Waals surface area contributed by atoms with E-state index in [0.29, 0.717) is 15.0 Å². The van der Waals surface area contributed by atoms with Crippen LogP contribution in [0.25, 0.3) is 0 Å². The van der Waals surface area contributed by atoms with Crippen LogP contribution in [-0.4, -0.2) is 11.2 Å². The quantitative estimate of drug-likeness (QED) is 0.212. The first-order valence-corrected chi connectivity index (χ1v) is 4.14. The second-order valence-electron chi connectivity index (χ2n) is 1.56. The first-order valence-electron chi connectivity index (χ1n) is 2.53. The van der Waals surface area contributed by atoms with Gasteiger partial charge in [-0.1, -0.05) is 0 Å². The molecule has 0 amide bonds. The summed E-state index contributed by atoms with van der Waals surface area (Å²) in [6, 6.07) is 1.45. The van der Waals surface area contributed by atoms with Crippen LogP contribution >= 0.6 is 23.4 Å². The summed E-state index contributed by atoms with van der Waals surface area (Å²) in [5, 5.41) is 11.5. The van der Waals surface area contributed by atoms with Gasteiger partial charge in [0.25, 0.3) is 0 Å². The Morgan fingerprint density at radius 2 is 2.50 bits per heavy atom. The molecule has 0 N–H and O–H groups in total.